The molecule has 3 N–H and O–H groups in total. The predicted molar refractivity (Wildman–Crippen MR) is 78.5 cm³/mol. The highest BCUT2D eigenvalue weighted by atomic mass is 35.5. The molecule has 1 aromatic heterocycles. The van der Waals surface area contributed by atoms with E-state index in [4.69, 9.17) is 17.3 Å². The van der Waals surface area contributed by atoms with Gasteiger partial charge in [0, 0.05) is 23.8 Å². The second kappa shape index (κ2) is 6.24. The van der Waals surface area contributed by atoms with Gasteiger partial charge in [-0.25, -0.2) is 0 Å². The molecule has 0 aliphatic carbocycles. The standard InChI is InChI=1S/C14H13ClN4O/c1-19-9-11(8-17-19)14(20)18-13-7-12(15)5-4-10(13)3-2-6-16/h4-5,7-9H,6,16H2,1H3,(H,18,20). The maximum Gasteiger partial charge on any atom is 0.258 e. The molecule has 0 spiro atoms. The summed E-state index contributed by atoms with van der Waals surface area (Å²) in [4.78, 5) is 12.1. The molecule has 5 nitrogen and oxygen atoms in total. The van der Waals surface area contributed by atoms with Crippen LogP contribution in [0, 0.1) is 11.8 Å². The minimum atomic E-state index is -0.267. The summed E-state index contributed by atoms with van der Waals surface area (Å²) >= 11 is 5.94. The molecule has 0 aliphatic rings. The molecule has 0 atom stereocenters. The zero-order chi connectivity index (χ0) is 14.5. The Kier molecular flexibility index (Phi) is 4.41. The molecular formula is C14H13ClN4O. The fraction of sp³-hybridized carbons (Fsp3) is 0.143. The van der Waals surface area contributed by atoms with E-state index in [0.29, 0.717) is 21.8 Å². The predicted octanol–water partition coefficient (Wildman–Crippen LogP) is 1.64. The Bertz CT molecular complexity index is 697. The van der Waals surface area contributed by atoms with Crippen LogP contribution in [0.5, 0.6) is 0 Å². The van der Waals surface area contributed by atoms with Crippen molar-refractivity contribution in [2.45, 2.75) is 0 Å². The fourth-order valence-electron chi connectivity index (χ4n) is 1.61. The average molecular weight is 289 g/mol. The molecule has 0 saturated heterocycles. The van der Waals surface area contributed by atoms with Crippen LogP contribution in [-0.2, 0) is 7.05 Å². The smallest absolute Gasteiger partial charge is 0.258 e. The lowest BCUT2D eigenvalue weighted by Gasteiger charge is -2.07. The summed E-state index contributed by atoms with van der Waals surface area (Å²) in [7, 11) is 1.74. The van der Waals surface area contributed by atoms with E-state index in [0.717, 1.165) is 0 Å². The highest BCUT2D eigenvalue weighted by molar-refractivity contribution is 6.31. The molecule has 102 valence electrons. The topological polar surface area (TPSA) is 72.9 Å². The van der Waals surface area contributed by atoms with Crippen LogP contribution in [-0.4, -0.2) is 22.2 Å². The molecule has 2 rings (SSSR count). The molecule has 2 aromatic rings. The third kappa shape index (κ3) is 3.38. The van der Waals surface area contributed by atoms with Crippen LogP contribution in [0.25, 0.3) is 0 Å². The van der Waals surface area contributed by atoms with Crippen molar-refractivity contribution in [2.24, 2.45) is 12.8 Å². The largest absolute Gasteiger partial charge is 0.321 e. The average Bonchev–Trinajstić information content (AvgIpc) is 2.85. The van der Waals surface area contributed by atoms with Crippen LogP contribution in [0.1, 0.15) is 15.9 Å². The number of carbonyl (C=O) groups excluding carboxylic acids is 1. The van der Waals surface area contributed by atoms with E-state index in [1.54, 1.807) is 36.1 Å². The van der Waals surface area contributed by atoms with Crippen LogP contribution in [0.15, 0.2) is 30.6 Å². The van der Waals surface area contributed by atoms with Crippen molar-refractivity contribution in [3.8, 4) is 11.8 Å². The van der Waals surface area contributed by atoms with Crippen LogP contribution in [0.2, 0.25) is 5.02 Å². The van der Waals surface area contributed by atoms with E-state index in [1.165, 1.54) is 6.20 Å². The number of hydrogen-bond donors (Lipinski definition) is 2. The monoisotopic (exact) mass is 288 g/mol. The zero-order valence-corrected chi connectivity index (χ0v) is 11.6. The number of amides is 1. The number of aryl methyl sites for hydroxylation is 1. The summed E-state index contributed by atoms with van der Waals surface area (Å²) in [6.07, 6.45) is 3.12. The minimum Gasteiger partial charge on any atom is -0.321 e. The molecule has 0 unspecified atom stereocenters. The summed E-state index contributed by atoms with van der Waals surface area (Å²) < 4.78 is 1.56. The zero-order valence-electron chi connectivity index (χ0n) is 10.9. The summed E-state index contributed by atoms with van der Waals surface area (Å²) in [5.41, 5.74) is 7.03. The van der Waals surface area contributed by atoms with Crippen molar-refractivity contribution in [2.75, 3.05) is 11.9 Å². The lowest BCUT2D eigenvalue weighted by molar-refractivity contribution is 0.102. The number of carbonyl (C=O) groups is 1. The Hall–Kier alpha value is -2.29. The number of hydrogen-bond acceptors (Lipinski definition) is 3. The second-order valence-electron chi connectivity index (χ2n) is 4.05. The number of halogens is 1. The Labute approximate surface area is 121 Å². The number of nitrogens with zero attached hydrogens (tertiary/aromatic N) is 2. The van der Waals surface area contributed by atoms with Gasteiger partial charge in [-0.15, -0.1) is 0 Å². The molecule has 6 heteroatoms. The van der Waals surface area contributed by atoms with Crippen LogP contribution < -0.4 is 11.1 Å². The van der Waals surface area contributed by atoms with E-state index < -0.39 is 0 Å². The van der Waals surface area contributed by atoms with E-state index in [9.17, 15) is 4.79 Å². The quantitative estimate of drug-likeness (QED) is 0.825. The molecular weight excluding hydrogens is 276 g/mol. The van der Waals surface area contributed by atoms with E-state index in [2.05, 4.69) is 22.3 Å². The first-order valence-electron chi connectivity index (χ1n) is 5.88. The van der Waals surface area contributed by atoms with Crippen LogP contribution in [0.4, 0.5) is 5.69 Å². The van der Waals surface area contributed by atoms with Gasteiger partial charge in [-0.05, 0) is 18.2 Å². The number of nitrogens with two attached hydrogens (primary N) is 1. The van der Waals surface area contributed by atoms with E-state index >= 15 is 0 Å². The van der Waals surface area contributed by atoms with Gasteiger partial charge in [0.05, 0.1) is 24.0 Å². The van der Waals surface area contributed by atoms with Gasteiger partial charge in [-0.1, -0.05) is 23.4 Å². The Balaban J connectivity index is 2.28. The van der Waals surface area contributed by atoms with Gasteiger partial charge < -0.3 is 11.1 Å². The van der Waals surface area contributed by atoms with Crippen molar-refractivity contribution in [3.63, 3.8) is 0 Å². The molecule has 0 radical (unpaired) electrons. The number of nitrogens with one attached hydrogen (secondary N) is 1. The maximum atomic E-state index is 12.1. The van der Waals surface area contributed by atoms with E-state index in [1.807, 2.05) is 0 Å². The molecule has 1 amide bonds. The SMILES string of the molecule is Cn1cc(C(=O)Nc2cc(Cl)ccc2C#CCN)cn1. The highest BCUT2D eigenvalue weighted by Crippen LogP contribution is 2.21. The minimum absolute atomic E-state index is 0.249. The number of benzene rings is 1. The molecule has 1 aromatic carbocycles. The summed E-state index contributed by atoms with van der Waals surface area (Å²) in [5, 5.41) is 7.24. The Morgan fingerprint density at radius 2 is 2.35 bits per heavy atom. The van der Waals surface area contributed by atoms with Crippen molar-refractivity contribution < 1.29 is 4.79 Å². The van der Waals surface area contributed by atoms with Gasteiger partial charge in [0.2, 0.25) is 0 Å². The summed E-state index contributed by atoms with van der Waals surface area (Å²) in [6, 6.07) is 5.10. The number of aromatic nitrogens is 2. The summed E-state index contributed by atoms with van der Waals surface area (Å²) in [6.45, 7) is 0.249. The maximum absolute atomic E-state index is 12.1. The van der Waals surface area contributed by atoms with Gasteiger partial charge in [0.25, 0.3) is 5.91 Å². The number of rotatable bonds is 2. The van der Waals surface area contributed by atoms with Gasteiger partial charge >= 0.3 is 0 Å². The van der Waals surface area contributed by atoms with Gasteiger partial charge in [0.15, 0.2) is 0 Å². The molecule has 0 saturated carbocycles. The van der Waals surface area contributed by atoms with Crippen molar-refractivity contribution in [3.05, 3.63) is 46.7 Å². The lowest BCUT2D eigenvalue weighted by Crippen LogP contribution is -2.12. The lowest BCUT2D eigenvalue weighted by atomic mass is 10.1. The molecule has 0 fully saturated rings. The molecule has 1 heterocycles. The van der Waals surface area contributed by atoms with E-state index in [-0.39, 0.29) is 12.5 Å². The van der Waals surface area contributed by atoms with Crippen molar-refractivity contribution in [1.82, 2.24) is 9.78 Å². The third-order valence-corrected chi connectivity index (χ3v) is 2.76. The third-order valence-electron chi connectivity index (χ3n) is 2.52. The Morgan fingerprint density at radius 3 is 3.00 bits per heavy atom. The summed E-state index contributed by atoms with van der Waals surface area (Å²) in [5.74, 6) is 5.37. The first kappa shape index (κ1) is 14.1. The van der Waals surface area contributed by atoms with Gasteiger partial charge in [0.1, 0.15) is 0 Å². The first-order valence-corrected chi connectivity index (χ1v) is 6.26. The highest BCUT2D eigenvalue weighted by Gasteiger charge is 2.10. The van der Waals surface area contributed by atoms with Gasteiger partial charge in [-0.3, -0.25) is 9.48 Å². The molecule has 20 heavy (non-hydrogen) atoms. The van der Waals surface area contributed by atoms with Crippen LogP contribution in [0.3, 0.4) is 0 Å². The first-order chi connectivity index (χ1) is 9.60. The van der Waals surface area contributed by atoms with Crippen molar-refractivity contribution in [1.29, 1.82) is 0 Å². The van der Waals surface area contributed by atoms with Crippen LogP contribution >= 0.6 is 11.6 Å². The second-order valence-corrected chi connectivity index (χ2v) is 4.49. The number of anilines is 1. The Morgan fingerprint density at radius 1 is 1.55 bits per heavy atom. The molecule has 0 bridgehead atoms. The van der Waals surface area contributed by atoms with Gasteiger partial charge in [-0.2, -0.15) is 5.10 Å². The molecule has 0 aliphatic heterocycles. The fourth-order valence-corrected chi connectivity index (χ4v) is 1.78. The normalized spacial score (nSPS) is 9.75. The van der Waals surface area contributed by atoms with Crippen molar-refractivity contribution >= 4 is 23.2 Å².